The second-order valence-corrected chi connectivity index (χ2v) is 4.89. The zero-order chi connectivity index (χ0) is 13.1. The van der Waals surface area contributed by atoms with E-state index in [0.29, 0.717) is 5.56 Å². The molecule has 0 aromatic heterocycles. The maximum atomic E-state index is 13.4. The molecule has 1 aromatic rings. The molecule has 3 nitrogen and oxygen atoms in total. The molecular weight excluding hydrogens is 221 g/mol. The molecule has 1 aromatic carbocycles. The van der Waals surface area contributed by atoms with Gasteiger partial charge in [-0.25, -0.2) is 9.18 Å². The van der Waals surface area contributed by atoms with E-state index in [0.717, 1.165) is 0 Å². The normalized spacial score (nSPS) is 13.0. The lowest BCUT2D eigenvalue weighted by Crippen LogP contribution is -2.34. The summed E-state index contributed by atoms with van der Waals surface area (Å²) in [5.41, 5.74) is -0.114. The van der Waals surface area contributed by atoms with Crippen LogP contribution in [-0.2, 0) is 4.74 Å². The summed E-state index contributed by atoms with van der Waals surface area (Å²) < 4.78 is 18.5. The Bertz CT molecular complexity index is 399. The van der Waals surface area contributed by atoms with E-state index in [1.54, 1.807) is 45.9 Å². The third-order valence-corrected chi connectivity index (χ3v) is 2.10. The molecule has 17 heavy (non-hydrogen) atoms. The first-order valence-electron chi connectivity index (χ1n) is 5.53. The number of nitrogens with one attached hydrogen (secondary N) is 1. The molecule has 1 amide bonds. The lowest BCUT2D eigenvalue weighted by Gasteiger charge is -2.22. The van der Waals surface area contributed by atoms with Crippen molar-refractivity contribution in [2.45, 2.75) is 39.3 Å². The van der Waals surface area contributed by atoms with Crippen LogP contribution in [0, 0.1) is 5.82 Å². The van der Waals surface area contributed by atoms with Crippen molar-refractivity contribution in [2.24, 2.45) is 0 Å². The molecule has 4 heteroatoms. The van der Waals surface area contributed by atoms with E-state index in [9.17, 15) is 9.18 Å². The van der Waals surface area contributed by atoms with Crippen molar-refractivity contribution >= 4 is 6.09 Å². The molecule has 1 rings (SSSR count). The van der Waals surface area contributed by atoms with Gasteiger partial charge in [-0.05, 0) is 33.8 Å². The second-order valence-electron chi connectivity index (χ2n) is 4.89. The fraction of sp³-hybridized carbons (Fsp3) is 0.462. The summed E-state index contributed by atoms with van der Waals surface area (Å²) in [6.07, 6.45) is -0.548. The van der Waals surface area contributed by atoms with Crippen LogP contribution in [0.3, 0.4) is 0 Å². The van der Waals surface area contributed by atoms with E-state index < -0.39 is 17.7 Å². The van der Waals surface area contributed by atoms with E-state index in [-0.39, 0.29) is 5.82 Å². The van der Waals surface area contributed by atoms with Gasteiger partial charge in [0, 0.05) is 5.56 Å². The highest BCUT2D eigenvalue weighted by atomic mass is 19.1. The molecule has 0 saturated carbocycles. The average Bonchev–Trinajstić information content (AvgIpc) is 2.14. The Hall–Kier alpha value is -1.58. The van der Waals surface area contributed by atoms with Gasteiger partial charge in [0.05, 0.1) is 6.04 Å². The van der Waals surface area contributed by atoms with Crippen LogP contribution in [0.4, 0.5) is 9.18 Å². The van der Waals surface area contributed by atoms with Crippen LogP contribution in [0.5, 0.6) is 0 Å². The van der Waals surface area contributed by atoms with Crippen LogP contribution < -0.4 is 5.32 Å². The Morgan fingerprint density at radius 1 is 1.35 bits per heavy atom. The Morgan fingerprint density at radius 2 is 1.94 bits per heavy atom. The molecule has 94 valence electrons. The lowest BCUT2D eigenvalue weighted by atomic mass is 10.1. The van der Waals surface area contributed by atoms with Crippen molar-refractivity contribution in [3.8, 4) is 0 Å². The van der Waals surface area contributed by atoms with Crippen molar-refractivity contribution in [3.63, 3.8) is 0 Å². The first-order valence-corrected chi connectivity index (χ1v) is 5.53. The molecule has 0 saturated heterocycles. The van der Waals surface area contributed by atoms with Crippen molar-refractivity contribution in [2.75, 3.05) is 0 Å². The first-order chi connectivity index (χ1) is 7.79. The lowest BCUT2D eigenvalue weighted by molar-refractivity contribution is 0.0507. The van der Waals surface area contributed by atoms with Crippen molar-refractivity contribution in [3.05, 3.63) is 35.6 Å². The number of ether oxygens (including phenoxy) is 1. The van der Waals surface area contributed by atoms with Gasteiger partial charge >= 0.3 is 6.09 Å². The largest absolute Gasteiger partial charge is 0.444 e. The van der Waals surface area contributed by atoms with E-state index in [1.165, 1.54) is 6.07 Å². The highest BCUT2D eigenvalue weighted by Crippen LogP contribution is 2.16. The number of carbonyl (C=O) groups excluding carboxylic acids is 1. The molecule has 1 atom stereocenters. The summed E-state index contributed by atoms with van der Waals surface area (Å²) in [6, 6.07) is 5.91. The minimum atomic E-state index is -0.557. The van der Waals surface area contributed by atoms with Crippen LogP contribution in [0.25, 0.3) is 0 Å². The fourth-order valence-corrected chi connectivity index (χ4v) is 1.39. The minimum Gasteiger partial charge on any atom is -0.444 e. The predicted octanol–water partition coefficient (Wildman–Crippen LogP) is 3.41. The number of halogens is 1. The zero-order valence-electron chi connectivity index (χ0n) is 10.6. The third-order valence-electron chi connectivity index (χ3n) is 2.10. The zero-order valence-corrected chi connectivity index (χ0v) is 10.6. The van der Waals surface area contributed by atoms with Gasteiger partial charge in [0.1, 0.15) is 11.4 Å². The Kier molecular flexibility index (Phi) is 4.10. The third kappa shape index (κ3) is 4.43. The fourth-order valence-electron chi connectivity index (χ4n) is 1.39. The summed E-state index contributed by atoms with van der Waals surface area (Å²) in [5.74, 6) is -0.337. The Labute approximate surface area is 101 Å². The number of benzene rings is 1. The molecule has 0 heterocycles. The molecule has 1 N–H and O–H groups in total. The maximum Gasteiger partial charge on any atom is 0.408 e. The van der Waals surface area contributed by atoms with Gasteiger partial charge in [-0.3, -0.25) is 0 Å². The van der Waals surface area contributed by atoms with E-state index in [2.05, 4.69) is 5.32 Å². The number of alkyl carbamates (subject to hydrolysis) is 1. The smallest absolute Gasteiger partial charge is 0.408 e. The minimum absolute atomic E-state index is 0.337. The second kappa shape index (κ2) is 5.17. The molecular formula is C13H18FNO2. The van der Waals surface area contributed by atoms with Crippen LogP contribution in [0.15, 0.2) is 24.3 Å². The van der Waals surface area contributed by atoms with Crippen LogP contribution in [0.2, 0.25) is 0 Å². The molecule has 0 radical (unpaired) electrons. The van der Waals surface area contributed by atoms with Gasteiger partial charge < -0.3 is 10.1 Å². The van der Waals surface area contributed by atoms with Crippen LogP contribution in [0.1, 0.15) is 39.3 Å². The standard InChI is InChI=1S/C13H18FNO2/c1-9(10-7-5-6-8-11(10)14)15-12(16)17-13(2,3)4/h5-9H,1-4H3,(H,15,16). The highest BCUT2D eigenvalue weighted by Gasteiger charge is 2.19. The Morgan fingerprint density at radius 3 is 2.47 bits per heavy atom. The maximum absolute atomic E-state index is 13.4. The number of amides is 1. The summed E-state index contributed by atoms with van der Waals surface area (Å²) in [5, 5.41) is 2.59. The molecule has 0 spiro atoms. The topological polar surface area (TPSA) is 38.3 Å². The van der Waals surface area contributed by atoms with Gasteiger partial charge in [0.15, 0.2) is 0 Å². The van der Waals surface area contributed by atoms with Gasteiger partial charge in [0.25, 0.3) is 0 Å². The Balaban J connectivity index is 2.64. The quantitative estimate of drug-likeness (QED) is 0.858. The number of hydrogen-bond donors (Lipinski definition) is 1. The van der Waals surface area contributed by atoms with Gasteiger partial charge in [-0.1, -0.05) is 18.2 Å². The van der Waals surface area contributed by atoms with Crippen LogP contribution >= 0.6 is 0 Å². The number of rotatable bonds is 2. The summed E-state index contributed by atoms with van der Waals surface area (Å²) >= 11 is 0. The van der Waals surface area contributed by atoms with Gasteiger partial charge in [-0.15, -0.1) is 0 Å². The number of hydrogen-bond acceptors (Lipinski definition) is 2. The van der Waals surface area contributed by atoms with E-state index in [4.69, 9.17) is 4.74 Å². The SMILES string of the molecule is CC(NC(=O)OC(C)(C)C)c1ccccc1F. The summed E-state index contributed by atoms with van der Waals surface area (Å²) in [7, 11) is 0. The van der Waals surface area contributed by atoms with Crippen LogP contribution in [-0.4, -0.2) is 11.7 Å². The molecule has 1 unspecified atom stereocenters. The molecule has 0 aliphatic rings. The molecule has 0 aliphatic carbocycles. The highest BCUT2D eigenvalue weighted by molar-refractivity contribution is 5.68. The average molecular weight is 239 g/mol. The summed E-state index contributed by atoms with van der Waals surface area (Å²) in [6.45, 7) is 7.05. The van der Waals surface area contributed by atoms with Crippen molar-refractivity contribution in [1.29, 1.82) is 0 Å². The van der Waals surface area contributed by atoms with E-state index in [1.807, 2.05) is 0 Å². The predicted molar refractivity (Wildman–Crippen MR) is 64.2 cm³/mol. The molecule has 0 bridgehead atoms. The van der Waals surface area contributed by atoms with Gasteiger partial charge in [0.2, 0.25) is 0 Å². The monoisotopic (exact) mass is 239 g/mol. The van der Waals surface area contributed by atoms with E-state index >= 15 is 0 Å². The van der Waals surface area contributed by atoms with Crippen molar-refractivity contribution < 1.29 is 13.9 Å². The molecule has 0 aliphatic heterocycles. The first kappa shape index (κ1) is 13.5. The number of carbonyl (C=O) groups is 1. The van der Waals surface area contributed by atoms with Crippen molar-refractivity contribution in [1.82, 2.24) is 5.32 Å². The van der Waals surface area contributed by atoms with Gasteiger partial charge in [-0.2, -0.15) is 0 Å². The molecule has 0 fully saturated rings. The summed E-state index contributed by atoms with van der Waals surface area (Å²) in [4.78, 5) is 11.5.